The first-order valence-electron chi connectivity index (χ1n) is 7.23. The Morgan fingerprint density at radius 1 is 0.913 bits per heavy atom. The van der Waals surface area contributed by atoms with E-state index < -0.39 is 6.10 Å². The highest BCUT2D eigenvalue weighted by Gasteiger charge is 2.46. The quantitative estimate of drug-likeness (QED) is 0.606. The maximum atomic E-state index is 12.6. The molecule has 0 bridgehead atoms. The average molecular weight is 314 g/mol. The van der Waals surface area contributed by atoms with E-state index in [4.69, 9.17) is 18.9 Å². The van der Waals surface area contributed by atoms with Gasteiger partial charge in [0.25, 0.3) is 0 Å². The van der Waals surface area contributed by atoms with Gasteiger partial charge in [-0.15, -0.1) is 0 Å². The minimum absolute atomic E-state index is 0.0923. The van der Waals surface area contributed by atoms with Crippen molar-refractivity contribution in [2.45, 2.75) is 12.2 Å². The number of Topliss-reactive ketones (excluding diaryl/α,β-unsaturated/α-hetero) is 1. The van der Waals surface area contributed by atoms with Crippen LogP contribution < -0.4 is 14.2 Å². The van der Waals surface area contributed by atoms with Crippen LogP contribution >= 0.6 is 0 Å². The molecular weight excluding hydrogens is 296 g/mol. The Morgan fingerprint density at radius 3 is 2.17 bits per heavy atom. The fraction of sp³-hybridized carbons (Fsp3) is 0.278. The molecule has 2 aromatic carbocycles. The van der Waals surface area contributed by atoms with Crippen molar-refractivity contribution in [1.82, 2.24) is 0 Å². The van der Waals surface area contributed by atoms with Crippen LogP contribution in [0.4, 0.5) is 0 Å². The van der Waals surface area contributed by atoms with Gasteiger partial charge in [0.2, 0.25) is 0 Å². The van der Waals surface area contributed by atoms with Gasteiger partial charge in [-0.05, 0) is 29.8 Å². The number of carbonyl (C=O) groups is 1. The Balaban J connectivity index is 1.77. The van der Waals surface area contributed by atoms with Gasteiger partial charge in [0.05, 0.1) is 26.9 Å². The molecule has 5 nitrogen and oxygen atoms in total. The molecule has 1 fully saturated rings. The second-order valence-electron chi connectivity index (χ2n) is 5.18. The molecule has 5 heteroatoms. The van der Waals surface area contributed by atoms with Crippen LogP contribution in [0.5, 0.6) is 17.2 Å². The summed E-state index contributed by atoms with van der Waals surface area (Å²) < 4.78 is 21.1. The predicted octanol–water partition coefficient (Wildman–Crippen LogP) is 3.04. The van der Waals surface area contributed by atoms with Crippen LogP contribution in [0.3, 0.4) is 0 Å². The predicted molar refractivity (Wildman–Crippen MR) is 84.5 cm³/mol. The van der Waals surface area contributed by atoms with Crippen LogP contribution in [0.2, 0.25) is 0 Å². The number of rotatable bonds is 6. The summed E-state index contributed by atoms with van der Waals surface area (Å²) in [5, 5.41) is 0. The number of ether oxygens (including phenoxy) is 4. The summed E-state index contributed by atoms with van der Waals surface area (Å²) in [4.78, 5) is 12.6. The molecule has 2 unspecified atom stereocenters. The topological polar surface area (TPSA) is 57.3 Å². The van der Waals surface area contributed by atoms with Gasteiger partial charge in [-0.2, -0.15) is 0 Å². The lowest BCUT2D eigenvalue weighted by Gasteiger charge is -2.08. The van der Waals surface area contributed by atoms with E-state index in [-0.39, 0.29) is 11.9 Å². The Hall–Kier alpha value is -2.53. The van der Waals surface area contributed by atoms with Crippen molar-refractivity contribution in [3.05, 3.63) is 53.6 Å². The van der Waals surface area contributed by atoms with Gasteiger partial charge in [-0.1, -0.05) is 12.1 Å². The first-order valence-corrected chi connectivity index (χ1v) is 7.23. The van der Waals surface area contributed by atoms with Crippen LogP contribution in [0.25, 0.3) is 0 Å². The molecule has 0 aromatic heterocycles. The highest BCUT2D eigenvalue weighted by molar-refractivity contribution is 6.03. The number of hydrogen-bond acceptors (Lipinski definition) is 5. The second-order valence-corrected chi connectivity index (χ2v) is 5.18. The van der Waals surface area contributed by atoms with E-state index in [9.17, 15) is 4.79 Å². The number of hydrogen-bond donors (Lipinski definition) is 0. The number of benzene rings is 2. The molecule has 0 radical (unpaired) electrons. The molecule has 1 aliphatic rings. The molecule has 0 saturated carbocycles. The lowest BCUT2D eigenvalue weighted by molar-refractivity contribution is 0.0950. The summed E-state index contributed by atoms with van der Waals surface area (Å²) in [7, 11) is 4.71. The van der Waals surface area contributed by atoms with Crippen LogP contribution in [-0.4, -0.2) is 33.2 Å². The first kappa shape index (κ1) is 15.4. The summed E-state index contributed by atoms with van der Waals surface area (Å²) in [6.45, 7) is 0. The van der Waals surface area contributed by atoms with Gasteiger partial charge >= 0.3 is 0 Å². The fourth-order valence-electron chi connectivity index (χ4n) is 2.51. The maximum Gasteiger partial charge on any atom is 0.198 e. The Kier molecular flexibility index (Phi) is 4.21. The molecule has 23 heavy (non-hydrogen) atoms. The largest absolute Gasteiger partial charge is 0.497 e. The summed E-state index contributed by atoms with van der Waals surface area (Å²) in [6, 6.07) is 12.6. The summed E-state index contributed by atoms with van der Waals surface area (Å²) >= 11 is 0. The number of epoxide rings is 1. The van der Waals surface area contributed by atoms with Gasteiger partial charge in [-0.3, -0.25) is 4.79 Å². The monoisotopic (exact) mass is 314 g/mol. The number of ketones is 1. The summed E-state index contributed by atoms with van der Waals surface area (Å²) in [5.41, 5.74) is 1.45. The van der Waals surface area contributed by atoms with E-state index in [2.05, 4.69) is 0 Å². The SMILES string of the molecule is COc1ccc(C2OC2C(=O)c2ccc(OC)cc2OC)cc1. The summed E-state index contributed by atoms with van der Waals surface area (Å²) in [5.74, 6) is 1.81. The highest BCUT2D eigenvalue weighted by atomic mass is 16.6. The zero-order chi connectivity index (χ0) is 16.4. The highest BCUT2D eigenvalue weighted by Crippen LogP contribution is 2.42. The lowest BCUT2D eigenvalue weighted by atomic mass is 10.0. The minimum atomic E-state index is -0.481. The van der Waals surface area contributed by atoms with Crippen molar-refractivity contribution in [3.63, 3.8) is 0 Å². The Labute approximate surface area is 134 Å². The molecule has 1 heterocycles. The molecule has 1 saturated heterocycles. The normalized spacial score (nSPS) is 19.1. The van der Waals surface area contributed by atoms with Gasteiger partial charge < -0.3 is 18.9 Å². The molecule has 0 amide bonds. The molecule has 3 rings (SSSR count). The Bertz CT molecular complexity index is 708. The first-order chi connectivity index (χ1) is 11.2. The van der Waals surface area contributed by atoms with Crippen molar-refractivity contribution >= 4 is 5.78 Å². The molecule has 120 valence electrons. The molecule has 0 N–H and O–H groups in total. The van der Waals surface area contributed by atoms with E-state index in [0.29, 0.717) is 17.1 Å². The van der Waals surface area contributed by atoms with Crippen molar-refractivity contribution < 1.29 is 23.7 Å². The van der Waals surface area contributed by atoms with Gasteiger partial charge in [0.15, 0.2) is 11.9 Å². The molecule has 1 aliphatic heterocycles. The fourth-order valence-corrected chi connectivity index (χ4v) is 2.51. The third kappa shape index (κ3) is 3.00. The molecule has 2 aromatic rings. The molecule has 0 spiro atoms. The number of methoxy groups -OCH3 is 3. The van der Waals surface area contributed by atoms with E-state index in [1.807, 2.05) is 24.3 Å². The standard InChI is InChI=1S/C18H18O5/c1-20-12-6-4-11(5-7-12)17-18(23-17)16(19)14-9-8-13(21-2)10-15(14)22-3/h4-10,17-18H,1-3H3. The Morgan fingerprint density at radius 2 is 1.57 bits per heavy atom. The van der Waals surface area contributed by atoms with Crippen molar-refractivity contribution in [2.24, 2.45) is 0 Å². The molecule has 2 atom stereocenters. The lowest BCUT2D eigenvalue weighted by Crippen LogP contribution is -2.10. The van der Waals surface area contributed by atoms with Crippen LogP contribution in [0.1, 0.15) is 22.0 Å². The van der Waals surface area contributed by atoms with Crippen molar-refractivity contribution in [1.29, 1.82) is 0 Å². The maximum absolute atomic E-state index is 12.6. The minimum Gasteiger partial charge on any atom is -0.497 e. The second kappa shape index (κ2) is 6.30. The van der Waals surface area contributed by atoms with Gasteiger partial charge in [-0.25, -0.2) is 0 Å². The van der Waals surface area contributed by atoms with E-state index in [0.717, 1.165) is 11.3 Å². The molecular formula is C18H18O5. The number of carbonyl (C=O) groups excluding carboxylic acids is 1. The van der Waals surface area contributed by atoms with Crippen LogP contribution in [0.15, 0.2) is 42.5 Å². The zero-order valence-electron chi connectivity index (χ0n) is 13.2. The zero-order valence-corrected chi connectivity index (χ0v) is 13.2. The van der Waals surface area contributed by atoms with Crippen LogP contribution in [-0.2, 0) is 4.74 Å². The van der Waals surface area contributed by atoms with E-state index in [1.165, 1.54) is 7.11 Å². The van der Waals surface area contributed by atoms with Crippen LogP contribution in [0, 0.1) is 0 Å². The smallest absolute Gasteiger partial charge is 0.198 e. The third-order valence-electron chi connectivity index (χ3n) is 3.87. The van der Waals surface area contributed by atoms with E-state index >= 15 is 0 Å². The van der Waals surface area contributed by atoms with Crippen molar-refractivity contribution in [2.75, 3.05) is 21.3 Å². The van der Waals surface area contributed by atoms with Gasteiger partial charge in [0.1, 0.15) is 23.4 Å². The third-order valence-corrected chi connectivity index (χ3v) is 3.87. The molecule has 0 aliphatic carbocycles. The average Bonchev–Trinajstić information content (AvgIpc) is 3.41. The van der Waals surface area contributed by atoms with E-state index in [1.54, 1.807) is 32.4 Å². The van der Waals surface area contributed by atoms with Crippen molar-refractivity contribution in [3.8, 4) is 17.2 Å². The van der Waals surface area contributed by atoms with Gasteiger partial charge in [0, 0.05) is 6.07 Å². The summed E-state index contributed by atoms with van der Waals surface area (Å²) in [6.07, 6.45) is -0.703.